The van der Waals surface area contributed by atoms with Crippen LogP contribution in [0.25, 0.3) is 11.5 Å². The van der Waals surface area contributed by atoms with Gasteiger partial charge in [0.25, 0.3) is 5.89 Å². The van der Waals surface area contributed by atoms with E-state index in [0.29, 0.717) is 23.1 Å². The van der Waals surface area contributed by atoms with Gasteiger partial charge >= 0.3 is 0 Å². The minimum atomic E-state index is 0.0122. The molecule has 0 spiro atoms. The second kappa shape index (κ2) is 4.63. The van der Waals surface area contributed by atoms with Crippen LogP contribution >= 0.6 is 11.3 Å². The molecular formula is C10H13N3O2S. The van der Waals surface area contributed by atoms with Crippen LogP contribution in [-0.4, -0.2) is 21.9 Å². The van der Waals surface area contributed by atoms with Gasteiger partial charge in [-0.3, -0.25) is 0 Å². The van der Waals surface area contributed by atoms with Crippen molar-refractivity contribution >= 4 is 16.3 Å². The van der Waals surface area contributed by atoms with Gasteiger partial charge in [-0.2, -0.15) is 4.98 Å². The van der Waals surface area contributed by atoms with Crippen LogP contribution in [0.4, 0.5) is 5.00 Å². The molecule has 0 amide bonds. The average molecular weight is 239 g/mol. The summed E-state index contributed by atoms with van der Waals surface area (Å²) in [6, 6.07) is 1.97. The maximum Gasteiger partial charge on any atom is 0.260 e. The molecule has 2 rings (SSSR count). The van der Waals surface area contributed by atoms with Crippen LogP contribution < -0.4 is 5.73 Å². The van der Waals surface area contributed by atoms with E-state index in [2.05, 4.69) is 17.1 Å². The molecule has 2 aromatic rings. The van der Waals surface area contributed by atoms with Gasteiger partial charge in [0.2, 0.25) is 0 Å². The second-order valence-electron chi connectivity index (χ2n) is 3.33. The van der Waals surface area contributed by atoms with Gasteiger partial charge in [-0.05, 0) is 12.5 Å². The van der Waals surface area contributed by atoms with Gasteiger partial charge in [0, 0.05) is 11.3 Å². The smallest absolute Gasteiger partial charge is 0.260 e. The van der Waals surface area contributed by atoms with E-state index in [1.807, 2.05) is 6.07 Å². The first-order valence-corrected chi connectivity index (χ1v) is 5.88. The molecule has 0 saturated carbocycles. The van der Waals surface area contributed by atoms with Crippen molar-refractivity contribution in [2.75, 3.05) is 12.3 Å². The maximum atomic E-state index is 8.75. The minimum absolute atomic E-state index is 0.0122. The molecule has 0 bridgehead atoms. The molecule has 3 N–H and O–H groups in total. The van der Waals surface area contributed by atoms with Crippen molar-refractivity contribution in [2.45, 2.75) is 19.8 Å². The Kier molecular flexibility index (Phi) is 3.21. The van der Waals surface area contributed by atoms with Crippen molar-refractivity contribution < 1.29 is 9.63 Å². The number of aliphatic hydroxyl groups excluding tert-OH is 1. The lowest BCUT2D eigenvalue weighted by Crippen LogP contribution is -1.92. The van der Waals surface area contributed by atoms with Gasteiger partial charge < -0.3 is 15.4 Å². The van der Waals surface area contributed by atoms with E-state index in [1.54, 1.807) is 0 Å². The van der Waals surface area contributed by atoms with Crippen LogP contribution in [0.1, 0.15) is 17.6 Å². The Labute approximate surface area is 96.9 Å². The molecule has 86 valence electrons. The molecule has 2 aromatic heterocycles. The second-order valence-corrected chi connectivity index (χ2v) is 4.50. The van der Waals surface area contributed by atoms with Crippen molar-refractivity contribution in [1.82, 2.24) is 10.1 Å². The first-order valence-electron chi connectivity index (χ1n) is 5.06. The van der Waals surface area contributed by atoms with Crippen LogP contribution in [-0.2, 0) is 12.8 Å². The molecule has 0 aliphatic carbocycles. The number of hydrogen-bond acceptors (Lipinski definition) is 6. The number of nitrogens with zero attached hydrogens (tertiary/aromatic N) is 2. The summed E-state index contributed by atoms with van der Waals surface area (Å²) in [5, 5.41) is 13.2. The Bertz CT molecular complexity index is 478. The molecular weight excluding hydrogens is 226 g/mol. The highest BCUT2D eigenvalue weighted by molar-refractivity contribution is 7.16. The first-order chi connectivity index (χ1) is 7.74. The van der Waals surface area contributed by atoms with E-state index in [0.717, 1.165) is 12.0 Å². The first kappa shape index (κ1) is 11.1. The molecule has 0 atom stereocenters. The van der Waals surface area contributed by atoms with E-state index >= 15 is 0 Å². The highest BCUT2D eigenvalue weighted by Gasteiger charge is 2.14. The fraction of sp³-hybridized carbons (Fsp3) is 0.400. The van der Waals surface area contributed by atoms with Gasteiger partial charge in [-0.15, -0.1) is 11.3 Å². The Morgan fingerprint density at radius 1 is 1.56 bits per heavy atom. The van der Waals surface area contributed by atoms with Crippen molar-refractivity contribution in [1.29, 1.82) is 0 Å². The third-order valence-corrected chi connectivity index (χ3v) is 3.30. The molecule has 0 fully saturated rings. The lowest BCUT2D eigenvalue weighted by atomic mass is 10.2. The molecule has 2 heterocycles. The third-order valence-electron chi connectivity index (χ3n) is 2.19. The number of aromatic nitrogens is 2. The van der Waals surface area contributed by atoms with Crippen LogP contribution in [0, 0.1) is 0 Å². The number of nitrogens with two attached hydrogens (primary N) is 1. The summed E-state index contributed by atoms with van der Waals surface area (Å²) in [4.78, 5) is 5.36. The van der Waals surface area contributed by atoms with Gasteiger partial charge in [0.05, 0.1) is 17.2 Å². The number of anilines is 1. The summed E-state index contributed by atoms with van der Waals surface area (Å²) in [6.45, 7) is 2.08. The molecule has 0 radical (unpaired) electrons. The number of rotatable bonds is 4. The molecule has 16 heavy (non-hydrogen) atoms. The minimum Gasteiger partial charge on any atom is -0.396 e. The normalized spacial score (nSPS) is 10.9. The topological polar surface area (TPSA) is 85.2 Å². The average Bonchev–Trinajstić information content (AvgIpc) is 2.85. The van der Waals surface area contributed by atoms with Crippen molar-refractivity contribution in [2.24, 2.45) is 0 Å². The SMILES string of the molecule is CCc1cc(-c2nc(CCO)no2)c(N)s1. The van der Waals surface area contributed by atoms with Crippen LogP contribution in [0.15, 0.2) is 10.6 Å². The van der Waals surface area contributed by atoms with Crippen LogP contribution in [0.5, 0.6) is 0 Å². The van der Waals surface area contributed by atoms with Gasteiger partial charge in [0.15, 0.2) is 5.82 Å². The summed E-state index contributed by atoms with van der Waals surface area (Å²) in [6.07, 6.45) is 1.33. The zero-order valence-electron chi connectivity index (χ0n) is 8.93. The third kappa shape index (κ3) is 2.07. The predicted molar refractivity (Wildman–Crippen MR) is 62.2 cm³/mol. The van der Waals surface area contributed by atoms with E-state index in [4.69, 9.17) is 15.4 Å². The Morgan fingerprint density at radius 3 is 3.00 bits per heavy atom. The predicted octanol–water partition coefficient (Wildman–Crippen LogP) is 1.48. The lowest BCUT2D eigenvalue weighted by molar-refractivity contribution is 0.293. The standard InChI is InChI=1S/C10H13N3O2S/c1-2-6-5-7(9(11)16-6)10-12-8(3-4-14)13-15-10/h5,14H,2-4,11H2,1H3. The Hall–Kier alpha value is -1.40. The number of aliphatic hydroxyl groups is 1. The lowest BCUT2D eigenvalue weighted by Gasteiger charge is -1.89. The zero-order valence-corrected chi connectivity index (χ0v) is 9.75. The zero-order chi connectivity index (χ0) is 11.5. The fourth-order valence-electron chi connectivity index (χ4n) is 1.36. The Morgan fingerprint density at radius 2 is 2.38 bits per heavy atom. The van der Waals surface area contributed by atoms with Gasteiger partial charge in [-0.1, -0.05) is 12.1 Å². The fourth-order valence-corrected chi connectivity index (χ4v) is 2.22. The van der Waals surface area contributed by atoms with Gasteiger partial charge in [0.1, 0.15) is 0 Å². The van der Waals surface area contributed by atoms with Crippen LogP contribution in [0.3, 0.4) is 0 Å². The molecule has 0 aliphatic rings. The number of hydrogen-bond donors (Lipinski definition) is 2. The molecule has 0 saturated heterocycles. The van der Waals surface area contributed by atoms with E-state index in [1.165, 1.54) is 16.2 Å². The van der Waals surface area contributed by atoms with E-state index in [9.17, 15) is 0 Å². The highest BCUT2D eigenvalue weighted by Crippen LogP contribution is 2.33. The van der Waals surface area contributed by atoms with Crippen LogP contribution in [0.2, 0.25) is 0 Å². The number of thiophene rings is 1. The summed E-state index contributed by atoms with van der Waals surface area (Å²) < 4.78 is 5.10. The quantitative estimate of drug-likeness (QED) is 0.844. The number of aryl methyl sites for hydroxylation is 1. The van der Waals surface area contributed by atoms with Crippen molar-refractivity contribution in [3.8, 4) is 11.5 Å². The molecule has 0 aliphatic heterocycles. The molecule has 0 unspecified atom stereocenters. The van der Waals surface area contributed by atoms with Crippen molar-refractivity contribution in [3.05, 3.63) is 16.8 Å². The molecule has 5 nitrogen and oxygen atoms in total. The maximum absolute atomic E-state index is 8.75. The summed E-state index contributed by atoms with van der Waals surface area (Å²) in [5.74, 6) is 0.929. The number of nitrogen functional groups attached to an aromatic ring is 1. The van der Waals surface area contributed by atoms with E-state index in [-0.39, 0.29) is 6.61 Å². The molecule has 6 heteroatoms. The van der Waals surface area contributed by atoms with E-state index < -0.39 is 0 Å². The molecule has 0 aromatic carbocycles. The summed E-state index contributed by atoms with van der Waals surface area (Å²) in [5.41, 5.74) is 6.66. The van der Waals surface area contributed by atoms with Gasteiger partial charge in [-0.25, -0.2) is 0 Å². The van der Waals surface area contributed by atoms with Crippen molar-refractivity contribution in [3.63, 3.8) is 0 Å². The summed E-state index contributed by atoms with van der Waals surface area (Å²) in [7, 11) is 0. The largest absolute Gasteiger partial charge is 0.396 e. The Balaban J connectivity index is 2.30. The monoisotopic (exact) mass is 239 g/mol. The summed E-state index contributed by atoms with van der Waals surface area (Å²) >= 11 is 1.53. The highest BCUT2D eigenvalue weighted by atomic mass is 32.1.